The van der Waals surface area contributed by atoms with Crippen LogP contribution in [0.25, 0.3) is 0 Å². The summed E-state index contributed by atoms with van der Waals surface area (Å²) in [5.74, 6) is 2.54. The van der Waals surface area contributed by atoms with Crippen molar-refractivity contribution >= 4 is 17.7 Å². The first-order valence-electron chi connectivity index (χ1n) is 8.87. The van der Waals surface area contributed by atoms with Gasteiger partial charge >= 0.3 is 6.09 Å². The maximum Gasteiger partial charge on any atom is 0.410 e. The Balaban J connectivity index is 1.56. The third kappa shape index (κ3) is 4.93. The molecule has 2 N–H and O–H groups in total. The number of aromatic nitrogens is 4. The molecule has 0 bridgehead atoms. The van der Waals surface area contributed by atoms with E-state index in [9.17, 15) is 4.79 Å². The van der Waals surface area contributed by atoms with Crippen molar-refractivity contribution in [2.24, 2.45) is 5.92 Å². The fraction of sp³-hybridized carbons (Fsp3) is 0.556. The minimum Gasteiger partial charge on any atom is -0.444 e. The predicted molar refractivity (Wildman–Crippen MR) is 98.3 cm³/mol. The SMILES string of the molecule is Cc1cc(Nc2ccnc(CC3CCN(C(=O)OC(C)(C)C)C3)n2)n[nH]1. The van der Waals surface area contributed by atoms with Crippen LogP contribution in [0.4, 0.5) is 16.4 Å². The molecule has 0 aliphatic carbocycles. The van der Waals surface area contributed by atoms with Crippen molar-refractivity contribution in [3.63, 3.8) is 0 Å². The van der Waals surface area contributed by atoms with E-state index in [0.717, 1.165) is 30.2 Å². The number of hydrogen-bond acceptors (Lipinski definition) is 6. The number of aromatic amines is 1. The van der Waals surface area contributed by atoms with E-state index in [1.165, 1.54) is 0 Å². The molecule has 1 unspecified atom stereocenters. The average molecular weight is 358 g/mol. The maximum atomic E-state index is 12.2. The highest BCUT2D eigenvalue weighted by Gasteiger charge is 2.30. The van der Waals surface area contributed by atoms with Crippen molar-refractivity contribution in [1.29, 1.82) is 0 Å². The summed E-state index contributed by atoms with van der Waals surface area (Å²) in [5, 5.41) is 10.2. The first kappa shape index (κ1) is 18.2. The van der Waals surface area contributed by atoms with E-state index >= 15 is 0 Å². The number of nitrogens with one attached hydrogen (secondary N) is 2. The van der Waals surface area contributed by atoms with Gasteiger partial charge in [-0.05, 0) is 46.1 Å². The molecule has 1 aliphatic rings. The smallest absolute Gasteiger partial charge is 0.410 e. The van der Waals surface area contributed by atoms with Crippen LogP contribution >= 0.6 is 0 Å². The molecule has 0 saturated carbocycles. The van der Waals surface area contributed by atoms with Crippen LogP contribution in [0.5, 0.6) is 0 Å². The molecule has 1 amide bonds. The molecule has 1 saturated heterocycles. The summed E-state index contributed by atoms with van der Waals surface area (Å²) in [6, 6.07) is 3.73. The average Bonchev–Trinajstić information content (AvgIpc) is 3.15. The van der Waals surface area contributed by atoms with E-state index in [4.69, 9.17) is 4.74 Å². The Morgan fingerprint density at radius 3 is 2.92 bits per heavy atom. The number of hydrogen-bond donors (Lipinski definition) is 2. The van der Waals surface area contributed by atoms with Crippen molar-refractivity contribution in [1.82, 2.24) is 25.1 Å². The number of anilines is 2. The van der Waals surface area contributed by atoms with Gasteiger partial charge in [-0.1, -0.05) is 0 Å². The van der Waals surface area contributed by atoms with Crippen LogP contribution in [0, 0.1) is 12.8 Å². The van der Waals surface area contributed by atoms with E-state index < -0.39 is 5.60 Å². The summed E-state index contributed by atoms with van der Waals surface area (Å²) in [6.07, 6.45) is 3.16. The van der Waals surface area contributed by atoms with Gasteiger partial charge in [-0.2, -0.15) is 5.10 Å². The zero-order valence-corrected chi connectivity index (χ0v) is 15.7. The number of carbonyl (C=O) groups excluding carboxylic acids is 1. The van der Waals surface area contributed by atoms with Crippen LogP contribution in [0.15, 0.2) is 18.3 Å². The highest BCUT2D eigenvalue weighted by molar-refractivity contribution is 5.68. The Labute approximate surface area is 153 Å². The van der Waals surface area contributed by atoms with E-state index in [2.05, 4.69) is 25.5 Å². The highest BCUT2D eigenvalue weighted by atomic mass is 16.6. The molecular formula is C18H26N6O2. The van der Waals surface area contributed by atoms with Gasteiger partial charge in [-0.15, -0.1) is 0 Å². The third-order valence-electron chi connectivity index (χ3n) is 4.08. The zero-order valence-electron chi connectivity index (χ0n) is 15.7. The van der Waals surface area contributed by atoms with E-state index in [1.54, 1.807) is 11.1 Å². The van der Waals surface area contributed by atoms with Crippen LogP contribution in [0.2, 0.25) is 0 Å². The number of aryl methyl sites for hydroxylation is 1. The van der Waals surface area contributed by atoms with Crippen LogP contribution in [0.1, 0.15) is 38.7 Å². The second kappa shape index (κ2) is 7.31. The minimum atomic E-state index is -0.469. The molecule has 0 radical (unpaired) electrons. The molecule has 8 heteroatoms. The monoisotopic (exact) mass is 358 g/mol. The Kier molecular flexibility index (Phi) is 5.11. The predicted octanol–water partition coefficient (Wildman–Crippen LogP) is 3.05. The lowest BCUT2D eigenvalue weighted by atomic mass is 10.0. The Bertz CT molecular complexity index is 767. The summed E-state index contributed by atoms with van der Waals surface area (Å²) >= 11 is 0. The maximum absolute atomic E-state index is 12.2. The molecule has 0 spiro atoms. The molecule has 3 rings (SSSR count). The highest BCUT2D eigenvalue weighted by Crippen LogP contribution is 2.22. The summed E-state index contributed by atoms with van der Waals surface area (Å²) < 4.78 is 5.44. The van der Waals surface area contributed by atoms with E-state index in [1.807, 2.05) is 39.8 Å². The van der Waals surface area contributed by atoms with Gasteiger partial charge in [0.2, 0.25) is 0 Å². The fourth-order valence-electron chi connectivity index (χ4n) is 2.93. The van der Waals surface area contributed by atoms with Crippen LogP contribution in [-0.2, 0) is 11.2 Å². The number of ether oxygens (including phenoxy) is 1. The second-order valence-electron chi connectivity index (χ2n) is 7.70. The van der Waals surface area contributed by atoms with Gasteiger partial charge in [0, 0.05) is 37.5 Å². The van der Waals surface area contributed by atoms with Gasteiger partial charge in [-0.3, -0.25) is 5.10 Å². The van der Waals surface area contributed by atoms with Crippen molar-refractivity contribution in [2.75, 3.05) is 18.4 Å². The molecule has 2 aromatic heterocycles. The molecule has 1 atom stereocenters. The lowest BCUT2D eigenvalue weighted by Gasteiger charge is -2.24. The standard InChI is InChI=1S/C18H26N6O2/c1-12-9-16(23-22-12)21-14-5-7-19-15(20-14)10-13-6-8-24(11-13)17(25)26-18(2,3)4/h5,7,9,13H,6,8,10-11H2,1-4H3,(H2,19,20,21,22,23). The zero-order chi connectivity index (χ0) is 18.7. The molecular weight excluding hydrogens is 332 g/mol. The third-order valence-corrected chi connectivity index (χ3v) is 4.08. The van der Waals surface area contributed by atoms with Gasteiger partial charge in [0.1, 0.15) is 17.2 Å². The molecule has 140 valence electrons. The molecule has 1 fully saturated rings. The lowest BCUT2D eigenvalue weighted by Crippen LogP contribution is -2.35. The summed E-state index contributed by atoms with van der Waals surface area (Å²) in [4.78, 5) is 22.9. The first-order valence-corrected chi connectivity index (χ1v) is 8.87. The van der Waals surface area contributed by atoms with Crippen LogP contribution < -0.4 is 5.32 Å². The normalized spacial score (nSPS) is 17.4. The van der Waals surface area contributed by atoms with Gasteiger partial charge in [0.05, 0.1) is 0 Å². The number of amides is 1. The second-order valence-corrected chi connectivity index (χ2v) is 7.70. The van der Waals surface area contributed by atoms with Crippen molar-refractivity contribution < 1.29 is 9.53 Å². The number of nitrogens with zero attached hydrogens (tertiary/aromatic N) is 4. The van der Waals surface area contributed by atoms with E-state index in [-0.39, 0.29) is 6.09 Å². The summed E-state index contributed by atoms with van der Waals surface area (Å²) in [5.41, 5.74) is 0.512. The lowest BCUT2D eigenvalue weighted by molar-refractivity contribution is 0.0288. The Morgan fingerprint density at radius 2 is 2.23 bits per heavy atom. The molecule has 1 aliphatic heterocycles. The fourth-order valence-corrected chi connectivity index (χ4v) is 2.93. The number of likely N-dealkylation sites (tertiary alicyclic amines) is 1. The topological polar surface area (TPSA) is 96.0 Å². The number of rotatable bonds is 4. The van der Waals surface area contributed by atoms with Crippen LogP contribution in [0.3, 0.4) is 0 Å². The Morgan fingerprint density at radius 1 is 1.42 bits per heavy atom. The van der Waals surface area contributed by atoms with Crippen molar-refractivity contribution in [2.45, 2.75) is 46.1 Å². The summed E-state index contributed by atoms with van der Waals surface area (Å²) in [6.45, 7) is 8.97. The van der Waals surface area contributed by atoms with Gasteiger partial charge in [0.25, 0.3) is 0 Å². The van der Waals surface area contributed by atoms with Crippen molar-refractivity contribution in [3.05, 3.63) is 29.8 Å². The molecule has 8 nitrogen and oxygen atoms in total. The first-order chi connectivity index (χ1) is 12.3. The van der Waals surface area contributed by atoms with Gasteiger partial charge in [-0.25, -0.2) is 14.8 Å². The minimum absolute atomic E-state index is 0.245. The summed E-state index contributed by atoms with van der Waals surface area (Å²) in [7, 11) is 0. The Hall–Kier alpha value is -2.64. The molecule has 2 aromatic rings. The van der Waals surface area contributed by atoms with Gasteiger partial charge in [0.15, 0.2) is 5.82 Å². The van der Waals surface area contributed by atoms with Crippen molar-refractivity contribution in [3.8, 4) is 0 Å². The van der Waals surface area contributed by atoms with E-state index in [0.29, 0.717) is 24.8 Å². The molecule has 26 heavy (non-hydrogen) atoms. The molecule has 0 aromatic carbocycles. The number of H-pyrrole nitrogens is 1. The largest absolute Gasteiger partial charge is 0.444 e. The number of carbonyl (C=O) groups is 1. The quantitative estimate of drug-likeness (QED) is 0.872. The van der Waals surface area contributed by atoms with Gasteiger partial charge < -0.3 is 15.0 Å². The molecule has 3 heterocycles. The van der Waals surface area contributed by atoms with Crippen LogP contribution in [-0.4, -0.2) is 49.8 Å².